The van der Waals surface area contributed by atoms with Crippen molar-refractivity contribution >= 4 is 5.91 Å². The van der Waals surface area contributed by atoms with Gasteiger partial charge in [0.2, 0.25) is 0 Å². The Bertz CT molecular complexity index is 846. The zero-order valence-corrected chi connectivity index (χ0v) is 17.2. The molecule has 1 aliphatic heterocycles. The predicted octanol–water partition coefficient (Wildman–Crippen LogP) is 4.44. The van der Waals surface area contributed by atoms with Crippen molar-refractivity contribution in [1.82, 2.24) is 5.32 Å². The van der Waals surface area contributed by atoms with E-state index in [0.717, 1.165) is 34.8 Å². The van der Waals surface area contributed by atoms with Crippen molar-refractivity contribution in [3.63, 3.8) is 0 Å². The summed E-state index contributed by atoms with van der Waals surface area (Å²) in [6.07, 6.45) is 0.935. The van der Waals surface area contributed by atoms with Crippen LogP contribution in [0.25, 0.3) is 0 Å². The number of carbonyl (C=O) groups excluding carboxylic acids is 1. The van der Waals surface area contributed by atoms with Crippen LogP contribution >= 0.6 is 0 Å². The van der Waals surface area contributed by atoms with E-state index in [2.05, 4.69) is 12.2 Å². The minimum absolute atomic E-state index is 0.143. The van der Waals surface area contributed by atoms with Crippen LogP contribution in [0.5, 0.6) is 17.2 Å². The number of nitrogens with one attached hydrogen (secondary N) is 1. The van der Waals surface area contributed by atoms with Gasteiger partial charge in [0, 0.05) is 18.1 Å². The van der Waals surface area contributed by atoms with Crippen molar-refractivity contribution in [3.8, 4) is 17.2 Å². The summed E-state index contributed by atoms with van der Waals surface area (Å²) in [5.74, 6) is 2.08. The number of amides is 1. The van der Waals surface area contributed by atoms with Gasteiger partial charge in [-0.2, -0.15) is 0 Å². The van der Waals surface area contributed by atoms with E-state index >= 15 is 0 Å². The maximum atomic E-state index is 12.9. The smallest absolute Gasteiger partial charge is 0.261 e. The quantitative estimate of drug-likeness (QED) is 0.801. The van der Waals surface area contributed by atoms with Crippen molar-refractivity contribution in [1.29, 1.82) is 0 Å². The number of hydrogen-bond acceptors (Lipinski definition) is 4. The van der Waals surface area contributed by atoms with E-state index in [0.29, 0.717) is 6.42 Å². The molecule has 2 aromatic carbocycles. The third-order valence-electron chi connectivity index (χ3n) is 5.02. The number of carbonyl (C=O) groups is 1. The highest BCUT2D eigenvalue weighted by molar-refractivity contribution is 5.81. The number of aryl methyl sites for hydroxylation is 1. The summed E-state index contributed by atoms with van der Waals surface area (Å²) in [5.41, 5.74) is 1.65. The Morgan fingerprint density at radius 3 is 2.75 bits per heavy atom. The molecule has 5 heteroatoms. The third kappa shape index (κ3) is 4.41. The van der Waals surface area contributed by atoms with Crippen molar-refractivity contribution in [2.24, 2.45) is 0 Å². The monoisotopic (exact) mass is 383 g/mol. The fraction of sp³-hybridized carbons (Fsp3) is 0.435. The normalized spacial score (nSPS) is 18.4. The first-order valence-corrected chi connectivity index (χ1v) is 9.75. The average Bonchev–Trinajstić information content (AvgIpc) is 2.66. The van der Waals surface area contributed by atoms with Crippen LogP contribution < -0.4 is 19.5 Å². The lowest BCUT2D eigenvalue weighted by atomic mass is 9.89. The zero-order valence-electron chi connectivity index (χ0n) is 17.2. The van der Waals surface area contributed by atoms with Crippen molar-refractivity contribution < 1.29 is 19.0 Å². The highest BCUT2D eigenvalue weighted by Crippen LogP contribution is 2.41. The molecule has 150 valence electrons. The fourth-order valence-corrected chi connectivity index (χ4v) is 3.53. The predicted molar refractivity (Wildman–Crippen MR) is 109 cm³/mol. The van der Waals surface area contributed by atoms with E-state index in [1.165, 1.54) is 0 Å². The molecule has 0 saturated heterocycles. The molecule has 1 heterocycles. The average molecular weight is 383 g/mol. The third-order valence-corrected chi connectivity index (χ3v) is 5.02. The molecule has 28 heavy (non-hydrogen) atoms. The molecule has 0 bridgehead atoms. The van der Waals surface area contributed by atoms with Crippen LogP contribution in [-0.4, -0.2) is 24.7 Å². The molecule has 2 aromatic rings. The van der Waals surface area contributed by atoms with Crippen LogP contribution in [0.3, 0.4) is 0 Å². The number of methoxy groups -OCH3 is 1. The van der Waals surface area contributed by atoms with E-state index in [9.17, 15) is 4.79 Å². The molecule has 0 aliphatic carbocycles. The van der Waals surface area contributed by atoms with E-state index in [1.54, 1.807) is 14.0 Å². The fourth-order valence-electron chi connectivity index (χ4n) is 3.53. The molecular formula is C23H29NO4. The van der Waals surface area contributed by atoms with Gasteiger partial charge in [0.15, 0.2) is 6.10 Å². The second-order valence-corrected chi connectivity index (χ2v) is 7.75. The number of rotatable bonds is 6. The Hall–Kier alpha value is -2.69. The Morgan fingerprint density at radius 2 is 2.04 bits per heavy atom. The molecule has 1 aliphatic rings. The minimum Gasteiger partial charge on any atom is -0.497 e. The Kier molecular flexibility index (Phi) is 5.82. The summed E-state index contributed by atoms with van der Waals surface area (Å²) < 4.78 is 17.4. The minimum atomic E-state index is -0.597. The second kappa shape index (κ2) is 8.13. The molecule has 0 saturated carbocycles. The standard InChI is InChI=1S/C23H29NO4/c1-6-16-9-7-8-10-20(16)27-15(2)22(25)24-19-14-23(3,4)28-21-13-17(26-5)11-12-18(19)21/h7-13,15,19H,6,14H2,1-5H3,(H,24,25)/t15-,19+/m0/s1. The van der Waals surface area contributed by atoms with Gasteiger partial charge in [-0.3, -0.25) is 4.79 Å². The molecule has 3 rings (SSSR count). The van der Waals surface area contributed by atoms with Crippen molar-refractivity contribution in [2.75, 3.05) is 7.11 Å². The largest absolute Gasteiger partial charge is 0.497 e. The molecule has 0 spiro atoms. The molecule has 0 unspecified atom stereocenters. The van der Waals surface area contributed by atoms with Crippen LogP contribution in [0.4, 0.5) is 0 Å². The molecule has 0 fully saturated rings. The van der Waals surface area contributed by atoms with Gasteiger partial charge in [0.25, 0.3) is 5.91 Å². The summed E-state index contributed by atoms with van der Waals surface area (Å²) >= 11 is 0. The van der Waals surface area contributed by atoms with Gasteiger partial charge in [-0.25, -0.2) is 0 Å². The van der Waals surface area contributed by atoms with Crippen molar-refractivity contribution in [2.45, 2.75) is 58.3 Å². The lowest BCUT2D eigenvalue weighted by Gasteiger charge is -2.38. The molecule has 2 atom stereocenters. The highest BCUT2D eigenvalue weighted by Gasteiger charge is 2.35. The summed E-state index contributed by atoms with van der Waals surface area (Å²) in [5, 5.41) is 3.14. The number of para-hydroxylation sites is 1. The summed E-state index contributed by atoms with van der Waals surface area (Å²) in [7, 11) is 1.63. The zero-order chi connectivity index (χ0) is 20.3. The second-order valence-electron chi connectivity index (χ2n) is 7.75. The number of ether oxygens (including phenoxy) is 3. The first-order chi connectivity index (χ1) is 13.3. The maximum Gasteiger partial charge on any atom is 0.261 e. The van der Waals surface area contributed by atoms with Gasteiger partial charge >= 0.3 is 0 Å². The summed E-state index contributed by atoms with van der Waals surface area (Å²) in [4.78, 5) is 12.9. The molecule has 5 nitrogen and oxygen atoms in total. The Labute approximate surface area is 167 Å². The number of benzene rings is 2. The SMILES string of the molecule is CCc1ccccc1O[C@@H](C)C(=O)N[C@@H]1CC(C)(C)Oc2cc(OC)ccc21. The molecule has 0 aromatic heterocycles. The maximum absolute atomic E-state index is 12.9. The molecule has 1 N–H and O–H groups in total. The van der Waals surface area contributed by atoms with Gasteiger partial charge in [0.05, 0.1) is 13.2 Å². The lowest BCUT2D eigenvalue weighted by molar-refractivity contribution is -0.128. The first kappa shape index (κ1) is 20.1. The van der Waals surface area contributed by atoms with Crippen LogP contribution in [0.15, 0.2) is 42.5 Å². The van der Waals surface area contributed by atoms with E-state index in [-0.39, 0.29) is 11.9 Å². The highest BCUT2D eigenvalue weighted by atomic mass is 16.5. The molecule has 0 radical (unpaired) electrons. The number of hydrogen-bond donors (Lipinski definition) is 1. The van der Waals surface area contributed by atoms with Crippen LogP contribution in [-0.2, 0) is 11.2 Å². The Morgan fingerprint density at radius 1 is 1.29 bits per heavy atom. The van der Waals surface area contributed by atoms with Gasteiger partial charge in [-0.15, -0.1) is 0 Å². The van der Waals surface area contributed by atoms with Crippen LogP contribution in [0, 0.1) is 0 Å². The summed E-state index contributed by atoms with van der Waals surface area (Å²) in [6, 6.07) is 13.4. The van der Waals surface area contributed by atoms with Gasteiger partial charge in [0.1, 0.15) is 22.8 Å². The van der Waals surface area contributed by atoms with E-state index in [4.69, 9.17) is 14.2 Å². The Balaban J connectivity index is 1.76. The number of fused-ring (bicyclic) bond motifs is 1. The van der Waals surface area contributed by atoms with Crippen molar-refractivity contribution in [3.05, 3.63) is 53.6 Å². The molecular weight excluding hydrogens is 354 g/mol. The topological polar surface area (TPSA) is 56.8 Å². The van der Waals surface area contributed by atoms with Gasteiger partial charge in [-0.1, -0.05) is 25.1 Å². The lowest BCUT2D eigenvalue weighted by Crippen LogP contribution is -2.44. The van der Waals surface area contributed by atoms with Crippen LogP contribution in [0.2, 0.25) is 0 Å². The van der Waals surface area contributed by atoms with E-state index < -0.39 is 11.7 Å². The van der Waals surface area contributed by atoms with Gasteiger partial charge in [-0.05, 0) is 51.0 Å². The van der Waals surface area contributed by atoms with E-state index in [1.807, 2.05) is 56.3 Å². The summed E-state index contributed by atoms with van der Waals surface area (Å²) in [6.45, 7) is 7.89. The van der Waals surface area contributed by atoms with Crippen LogP contribution in [0.1, 0.15) is 51.3 Å². The van der Waals surface area contributed by atoms with Gasteiger partial charge < -0.3 is 19.5 Å². The molecule has 1 amide bonds. The first-order valence-electron chi connectivity index (χ1n) is 9.75.